The lowest BCUT2D eigenvalue weighted by Gasteiger charge is -2.32. The Labute approximate surface area is 225 Å². The number of piperidine rings is 1. The number of ether oxygens (including phenoxy) is 1. The minimum atomic E-state index is -0.231. The van der Waals surface area contributed by atoms with Crippen LogP contribution in [0.4, 0.5) is 28.8 Å². The second-order valence-electron chi connectivity index (χ2n) is 9.36. The van der Waals surface area contributed by atoms with Gasteiger partial charge in [0.25, 0.3) is 0 Å². The van der Waals surface area contributed by atoms with E-state index in [1.807, 2.05) is 56.3 Å². The van der Waals surface area contributed by atoms with E-state index in [2.05, 4.69) is 30.5 Å². The van der Waals surface area contributed by atoms with Crippen molar-refractivity contribution >= 4 is 51.9 Å². The summed E-state index contributed by atoms with van der Waals surface area (Å²) in [4.78, 5) is 19.9. The largest absolute Gasteiger partial charge is 0.489 e. The lowest BCUT2D eigenvalue weighted by molar-refractivity contribution is 0.0454. The van der Waals surface area contributed by atoms with Crippen LogP contribution < -0.4 is 20.3 Å². The molecule has 1 aliphatic heterocycles. The van der Waals surface area contributed by atoms with E-state index >= 15 is 0 Å². The summed E-state index contributed by atoms with van der Waals surface area (Å²) < 4.78 is 7.21. The smallest absolute Gasteiger partial charge is 0.231 e. The fraction of sp³-hybridized carbons (Fsp3) is 0.346. The number of hydroxylamine groups is 1. The molecule has 1 aliphatic rings. The van der Waals surface area contributed by atoms with Crippen molar-refractivity contribution in [2.24, 2.45) is 0 Å². The Bertz CT molecular complexity index is 1390. The van der Waals surface area contributed by atoms with Gasteiger partial charge in [-0.3, -0.25) is 0 Å². The molecule has 3 heterocycles. The summed E-state index contributed by atoms with van der Waals surface area (Å²) >= 11 is 1.18. The van der Waals surface area contributed by atoms with Crippen LogP contribution in [-0.2, 0) is 0 Å². The third kappa shape index (κ3) is 6.10. The van der Waals surface area contributed by atoms with Gasteiger partial charge in [-0.25, -0.2) is 4.98 Å². The minimum absolute atomic E-state index is 0.0270. The van der Waals surface area contributed by atoms with Crippen molar-refractivity contribution < 1.29 is 15.1 Å². The molecule has 38 heavy (non-hydrogen) atoms. The number of aliphatic hydroxyl groups is 1. The molecule has 0 bridgehead atoms. The number of imidazole rings is 1. The Morgan fingerprint density at radius 1 is 1.11 bits per heavy atom. The lowest BCUT2D eigenvalue weighted by Crippen LogP contribution is -2.35. The third-order valence-electron chi connectivity index (χ3n) is 6.05. The van der Waals surface area contributed by atoms with Crippen LogP contribution in [0.1, 0.15) is 26.7 Å². The van der Waals surface area contributed by atoms with E-state index < -0.39 is 0 Å². The predicted octanol–water partition coefficient (Wildman–Crippen LogP) is 4.92. The normalized spacial score (nSPS) is 14.4. The van der Waals surface area contributed by atoms with Gasteiger partial charge in [0.05, 0.1) is 29.9 Å². The number of para-hydroxylation sites is 1. The summed E-state index contributed by atoms with van der Waals surface area (Å²) in [5, 5.41) is 26.3. The van der Waals surface area contributed by atoms with Crippen molar-refractivity contribution in [3.8, 4) is 5.75 Å². The summed E-state index contributed by atoms with van der Waals surface area (Å²) in [6.07, 6.45) is 2.83. The Kier molecular flexibility index (Phi) is 7.84. The highest BCUT2D eigenvalue weighted by Gasteiger charge is 2.20. The molecular weight excluding hydrogens is 504 g/mol. The summed E-state index contributed by atoms with van der Waals surface area (Å²) in [6.45, 7) is 5.58. The first-order valence-corrected chi connectivity index (χ1v) is 13.3. The molecule has 1 fully saturated rings. The molecule has 5 rings (SSSR count). The van der Waals surface area contributed by atoms with Gasteiger partial charge in [-0.05, 0) is 62.9 Å². The quantitative estimate of drug-likeness (QED) is 0.147. The van der Waals surface area contributed by atoms with Gasteiger partial charge in [-0.1, -0.05) is 12.1 Å². The van der Waals surface area contributed by atoms with Crippen molar-refractivity contribution in [1.82, 2.24) is 24.4 Å². The summed E-state index contributed by atoms with van der Waals surface area (Å²) in [7, 11) is 1.57. The maximum Gasteiger partial charge on any atom is 0.231 e. The van der Waals surface area contributed by atoms with E-state index in [0.29, 0.717) is 28.7 Å². The highest BCUT2D eigenvalue weighted by atomic mass is 32.2. The molecule has 4 aromatic rings. The van der Waals surface area contributed by atoms with Gasteiger partial charge < -0.3 is 35.6 Å². The number of fused-ring (bicyclic) bond motifs is 1. The van der Waals surface area contributed by atoms with E-state index in [4.69, 9.17) is 9.72 Å². The van der Waals surface area contributed by atoms with Gasteiger partial charge in [0.15, 0.2) is 17.0 Å². The van der Waals surface area contributed by atoms with Gasteiger partial charge in [0.1, 0.15) is 5.75 Å². The molecule has 0 spiro atoms. The van der Waals surface area contributed by atoms with Gasteiger partial charge >= 0.3 is 0 Å². The molecule has 0 aliphatic carbocycles. The van der Waals surface area contributed by atoms with Crippen LogP contribution in [0.15, 0.2) is 53.7 Å². The fourth-order valence-electron chi connectivity index (χ4n) is 4.31. The molecule has 12 heteroatoms. The Morgan fingerprint density at radius 2 is 1.89 bits per heavy atom. The molecule has 5 N–H and O–H groups in total. The molecule has 0 radical (unpaired) electrons. The van der Waals surface area contributed by atoms with Crippen molar-refractivity contribution in [3.63, 3.8) is 0 Å². The van der Waals surface area contributed by atoms with E-state index in [-0.39, 0.29) is 12.2 Å². The number of hydrogen-bond donors (Lipinski definition) is 5. The summed E-state index contributed by atoms with van der Waals surface area (Å²) in [5.41, 5.74) is 3.72. The number of nitrogens with zero attached hydrogens (tertiary/aromatic N) is 5. The number of aromatic nitrogens is 4. The Morgan fingerprint density at radius 3 is 2.66 bits per heavy atom. The molecule has 1 saturated heterocycles. The van der Waals surface area contributed by atoms with Crippen LogP contribution in [0.5, 0.6) is 5.75 Å². The highest BCUT2D eigenvalue weighted by molar-refractivity contribution is 7.97. The van der Waals surface area contributed by atoms with Gasteiger partial charge in [-0.2, -0.15) is 9.97 Å². The van der Waals surface area contributed by atoms with Crippen molar-refractivity contribution in [2.45, 2.75) is 43.8 Å². The SMILES string of the molecule is CC(C)Oc1cc(N2CCC(O)CC2)ccc1Nc1nc(Nc2ccccc2SN(C)O)c2nc[nH]c2n1. The van der Waals surface area contributed by atoms with Gasteiger partial charge in [-0.15, -0.1) is 4.47 Å². The highest BCUT2D eigenvalue weighted by Crippen LogP contribution is 2.35. The number of anilines is 5. The first-order chi connectivity index (χ1) is 18.4. The molecule has 2 aromatic carbocycles. The minimum Gasteiger partial charge on any atom is -0.489 e. The van der Waals surface area contributed by atoms with Crippen molar-refractivity contribution in [2.75, 3.05) is 35.7 Å². The topological polar surface area (TPSA) is 135 Å². The molecule has 0 saturated carbocycles. The zero-order chi connectivity index (χ0) is 26.6. The van der Waals surface area contributed by atoms with Crippen LogP contribution in [0.2, 0.25) is 0 Å². The van der Waals surface area contributed by atoms with E-state index in [0.717, 1.165) is 52.4 Å². The Balaban J connectivity index is 1.45. The van der Waals surface area contributed by atoms with E-state index in [9.17, 15) is 10.3 Å². The van der Waals surface area contributed by atoms with Crippen LogP contribution in [0.25, 0.3) is 11.2 Å². The predicted molar refractivity (Wildman–Crippen MR) is 150 cm³/mol. The monoisotopic (exact) mass is 536 g/mol. The molecule has 0 atom stereocenters. The molecule has 2 aromatic heterocycles. The second-order valence-corrected chi connectivity index (χ2v) is 10.5. The average molecular weight is 537 g/mol. The standard InChI is InChI=1S/C26H32N8O3S/c1-16(2)37-21-14-17(34-12-10-18(35)11-13-34)8-9-19(21)30-26-31-24-23(27-15-28-24)25(32-26)29-20-6-4-5-7-22(20)38-33(3)36/h4-9,14-16,18,35-36H,10-13H2,1-3H3,(H3,27,28,29,30,31,32). The fourth-order valence-corrected chi connectivity index (χ4v) is 4.95. The Hall–Kier alpha value is -3.58. The maximum atomic E-state index is 9.88. The molecular formula is C26H32N8O3S. The molecule has 11 nitrogen and oxygen atoms in total. The summed E-state index contributed by atoms with van der Waals surface area (Å²) in [5.74, 6) is 1.58. The van der Waals surface area contributed by atoms with Crippen LogP contribution in [-0.4, -0.2) is 67.1 Å². The second kappa shape index (κ2) is 11.4. The zero-order valence-corrected chi connectivity index (χ0v) is 22.4. The van der Waals surface area contributed by atoms with Crippen molar-refractivity contribution in [1.29, 1.82) is 0 Å². The number of benzene rings is 2. The lowest BCUT2D eigenvalue weighted by atomic mass is 10.1. The van der Waals surface area contributed by atoms with E-state index in [1.165, 1.54) is 11.9 Å². The number of hydrogen-bond acceptors (Lipinski definition) is 11. The molecule has 0 unspecified atom stereocenters. The number of aromatic amines is 1. The van der Waals surface area contributed by atoms with Gasteiger partial charge in [0.2, 0.25) is 5.95 Å². The van der Waals surface area contributed by atoms with Crippen LogP contribution in [0.3, 0.4) is 0 Å². The number of H-pyrrole nitrogens is 1. The number of rotatable bonds is 9. The first-order valence-electron chi connectivity index (χ1n) is 12.5. The number of aliphatic hydroxyl groups excluding tert-OH is 1. The first kappa shape index (κ1) is 26.0. The average Bonchev–Trinajstić information content (AvgIpc) is 3.35. The maximum absolute atomic E-state index is 9.88. The van der Waals surface area contributed by atoms with Crippen LogP contribution >= 0.6 is 11.9 Å². The summed E-state index contributed by atoms with van der Waals surface area (Å²) in [6, 6.07) is 13.7. The van der Waals surface area contributed by atoms with Crippen LogP contribution in [0, 0.1) is 0 Å². The van der Waals surface area contributed by atoms with Gasteiger partial charge in [0, 0.05) is 36.8 Å². The third-order valence-corrected chi connectivity index (χ3v) is 6.87. The van der Waals surface area contributed by atoms with Crippen molar-refractivity contribution in [3.05, 3.63) is 48.8 Å². The molecule has 0 amide bonds. The zero-order valence-electron chi connectivity index (χ0n) is 21.5. The van der Waals surface area contributed by atoms with E-state index in [1.54, 1.807) is 13.4 Å². The number of nitrogens with one attached hydrogen (secondary N) is 3. The molecule has 200 valence electrons.